The Kier molecular flexibility index (Phi) is 2.26. The van der Waals surface area contributed by atoms with Gasteiger partial charge in [-0.1, -0.05) is 30.3 Å². The number of phenols is 1. The lowest BCUT2D eigenvalue weighted by Crippen LogP contribution is -2.15. The summed E-state index contributed by atoms with van der Waals surface area (Å²) in [6.07, 6.45) is 0.843. The van der Waals surface area contributed by atoms with Gasteiger partial charge < -0.3 is 14.6 Å². The molecule has 0 aromatic heterocycles. The number of ether oxygens (including phenoxy) is 2. The van der Waals surface area contributed by atoms with Gasteiger partial charge in [-0.15, -0.1) is 0 Å². The summed E-state index contributed by atoms with van der Waals surface area (Å²) in [5, 5.41) is 12.6. The zero-order valence-electron chi connectivity index (χ0n) is 11.9. The molecule has 0 spiro atoms. The summed E-state index contributed by atoms with van der Waals surface area (Å²) in [5.74, 6) is 1.82. The van der Waals surface area contributed by atoms with Crippen LogP contribution in [0.3, 0.4) is 0 Å². The number of phenolic OH excluding ortho intramolecular Hbond substituents is 1. The number of hydrogen-bond donors (Lipinski definition) is 1. The van der Waals surface area contributed by atoms with E-state index < -0.39 is 0 Å². The molecule has 3 nitrogen and oxygen atoms in total. The Morgan fingerprint density at radius 1 is 0.909 bits per heavy atom. The summed E-state index contributed by atoms with van der Waals surface area (Å²) >= 11 is 0. The molecule has 0 fully saturated rings. The molecule has 0 saturated carbocycles. The van der Waals surface area contributed by atoms with Gasteiger partial charge in [-0.3, -0.25) is 0 Å². The third kappa shape index (κ3) is 1.45. The van der Waals surface area contributed by atoms with Gasteiger partial charge >= 0.3 is 0 Å². The Labute approximate surface area is 127 Å². The van der Waals surface area contributed by atoms with Gasteiger partial charge in [0.05, 0.1) is 0 Å². The van der Waals surface area contributed by atoms with Crippen molar-refractivity contribution in [3.63, 3.8) is 0 Å². The van der Waals surface area contributed by atoms with E-state index in [1.54, 1.807) is 0 Å². The van der Waals surface area contributed by atoms with Crippen molar-refractivity contribution in [2.45, 2.75) is 6.42 Å². The Balaban J connectivity index is 1.87. The smallest absolute Gasteiger partial charge is 0.169 e. The molecule has 108 valence electrons. The molecule has 1 aliphatic carbocycles. The van der Waals surface area contributed by atoms with Crippen LogP contribution >= 0.6 is 0 Å². The highest BCUT2D eigenvalue weighted by atomic mass is 16.6. The summed E-state index contributed by atoms with van der Waals surface area (Å²) < 4.78 is 11.4. The lowest BCUT2D eigenvalue weighted by Gasteiger charge is -2.21. The number of rotatable bonds is 0. The predicted molar refractivity (Wildman–Crippen MR) is 84.8 cm³/mol. The van der Waals surface area contributed by atoms with Crippen LogP contribution in [0.5, 0.6) is 17.2 Å². The first-order valence-corrected chi connectivity index (χ1v) is 7.48. The van der Waals surface area contributed by atoms with Crippen molar-refractivity contribution in [3.8, 4) is 28.4 Å². The first-order chi connectivity index (χ1) is 10.8. The second kappa shape index (κ2) is 4.17. The number of benzene rings is 3. The van der Waals surface area contributed by atoms with Crippen molar-refractivity contribution < 1.29 is 14.6 Å². The molecule has 22 heavy (non-hydrogen) atoms. The summed E-state index contributed by atoms with van der Waals surface area (Å²) in [5.41, 5.74) is 4.52. The van der Waals surface area contributed by atoms with Gasteiger partial charge in [-0.25, -0.2) is 0 Å². The normalized spacial score (nSPS) is 14.7. The van der Waals surface area contributed by atoms with Crippen LogP contribution in [0, 0.1) is 0 Å². The first kappa shape index (κ1) is 11.9. The zero-order valence-corrected chi connectivity index (χ0v) is 11.9. The third-order valence-electron chi connectivity index (χ3n) is 4.57. The molecule has 0 radical (unpaired) electrons. The van der Waals surface area contributed by atoms with Crippen LogP contribution in [-0.4, -0.2) is 18.3 Å². The quantitative estimate of drug-likeness (QED) is 0.534. The average molecular weight is 290 g/mol. The van der Waals surface area contributed by atoms with Crippen molar-refractivity contribution in [3.05, 3.63) is 53.6 Å². The first-order valence-electron chi connectivity index (χ1n) is 7.48. The van der Waals surface area contributed by atoms with E-state index in [0.717, 1.165) is 39.8 Å². The maximum absolute atomic E-state index is 10.6. The molecule has 5 rings (SSSR count). The molecule has 3 heteroatoms. The molecule has 3 aromatic rings. The van der Waals surface area contributed by atoms with Gasteiger partial charge in [-0.2, -0.15) is 0 Å². The van der Waals surface area contributed by atoms with Crippen LogP contribution in [-0.2, 0) is 6.42 Å². The predicted octanol–water partition coefficient (Wildman–Crippen LogP) is 3.89. The van der Waals surface area contributed by atoms with E-state index >= 15 is 0 Å². The summed E-state index contributed by atoms with van der Waals surface area (Å²) in [7, 11) is 0. The fourth-order valence-electron chi connectivity index (χ4n) is 3.63. The van der Waals surface area contributed by atoms with Crippen LogP contribution in [0.2, 0.25) is 0 Å². The van der Waals surface area contributed by atoms with E-state index in [1.165, 1.54) is 11.1 Å². The largest absolute Gasteiger partial charge is 0.507 e. The maximum atomic E-state index is 10.6. The van der Waals surface area contributed by atoms with Crippen LogP contribution in [0.4, 0.5) is 0 Å². The van der Waals surface area contributed by atoms with Crippen LogP contribution < -0.4 is 9.47 Å². The maximum Gasteiger partial charge on any atom is 0.169 e. The monoisotopic (exact) mass is 290 g/mol. The lowest BCUT2D eigenvalue weighted by atomic mass is 9.97. The van der Waals surface area contributed by atoms with Crippen molar-refractivity contribution in [2.24, 2.45) is 0 Å². The van der Waals surface area contributed by atoms with Gasteiger partial charge in [0.1, 0.15) is 19.0 Å². The van der Waals surface area contributed by atoms with Crippen molar-refractivity contribution >= 4 is 10.8 Å². The van der Waals surface area contributed by atoms with E-state index in [-0.39, 0.29) is 0 Å². The summed E-state index contributed by atoms with van der Waals surface area (Å²) in [6, 6.07) is 14.1. The molecular formula is C19H14O3. The van der Waals surface area contributed by atoms with E-state index in [9.17, 15) is 5.11 Å². The van der Waals surface area contributed by atoms with Crippen LogP contribution in [0.1, 0.15) is 11.1 Å². The standard InChI is InChI=1S/C19H14O3/c20-16-10-15-13(5-6-17-19(15)22-8-7-21-17)14-9-11-3-1-2-4-12(11)18(14)16/h1-6,10,20H,7-9H2. The molecule has 0 unspecified atom stereocenters. The molecule has 1 heterocycles. The van der Waals surface area contributed by atoms with E-state index in [2.05, 4.69) is 18.2 Å². The molecule has 1 aliphatic heterocycles. The van der Waals surface area contributed by atoms with E-state index in [0.29, 0.717) is 19.0 Å². The molecule has 0 saturated heterocycles. The Hall–Kier alpha value is -2.68. The van der Waals surface area contributed by atoms with Crippen LogP contribution in [0.15, 0.2) is 42.5 Å². The molecule has 0 atom stereocenters. The zero-order chi connectivity index (χ0) is 14.7. The fourth-order valence-corrected chi connectivity index (χ4v) is 3.63. The highest BCUT2D eigenvalue weighted by Gasteiger charge is 2.26. The van der Waals surface area contributed by atoms with Gasteiger partial charge in [0.2, 0.25) is 0 Å². The topological polar surface area (TPSA) is 38.7 Å². The fraction of sp³-hybridized carbons (Fsp3) is 0.158. The number of hydrogen-bond acceptors (Lipinski definition) is 3. The SMILES string of the molecule is Oc1cc2c3c(ccc2c2c1-c1ccccc1C2)OCCO3. The Morgan fingerprint density at radius 2 is 1.77 bits per heavy atom. The molecule has 3 aromatic carbocycles. The van der Waals surface area contributed by atoms with Crippen molar-refractivity contribution in [2.75, 3.05) is 13.2 Å². The minimum Gasteiger partial charge on any atom is -0.507 e. The third-order valence-corrected chi connectivity index (χ3v) is 4.57. The van der Waals surface area contributed by atoms with Crippen LogP contribution in [0.25, 0.3) is 21.9 Å². The van der Waals surface area contributed by atoms with Crippen molar-refractivity contribution in [1.29, 1.82) is 0 Å². The summed E-state index contributed by atoms with van der Waals surface area (Å²) in [4.78, 5) is 0. The highest BCUT2D eigenvalue weighted by Crippen LogP contribution is 2.49. The Bertz CT molecular complexity index is 928. The van der Waals surface area contributed by atoms with E-state index in [1.807, 2.05) is 24.3 Å². The second-order valence-corrected chi connectivity index (χ2v) is 5.77. The van der Waals surface area contributed by atoms with Gasteiger partial charge in [0, 0.05) is 10.9 Å². The highest BCUT2D eigenvalue weighted by molar-refractivity contribution is 6.02. The van der Waals surface area contributed by atoms with Gasteiger partial charge in [0.15, 0.2) is 11.5 Å². The number of fused-ring (bicyclic) bond motifs is 7. The molecule has 0 bridgehead atoms. The average Bonchev–Trinajstić information content (AvgIpc) is 2.95. The van der Waals surface area contributed by atoms with Gasteiger partial charge in [0.25, 0.3) is 0 Å². The van der Waals surface area contributed by atoms with Crippen molar-refractivity contribution in [1.82, 2.24) is 0 Å². The number of aromatic hydroxyl groups is 1. The lowest BCUT2D eigenvalue weighted by molar-refractivity contribution is 0.174. The minimum atomic E-state index is 0.315. The Morgan fingerprint density at radius 3 is 2.73 bits per heavy atom. The molecule has 0 amide bonds. The molecule has 2 aliphatic rings. The second-order valence-electron chi connectivity index (χ2n) is 5.77. The minimum absolute atomic E-state index is 0.315. The molecular weight excluding hydrogens is 276 g/mol. The molecule has 1 N–H and O–H groups in total. The summed E-state index contributed by atoms with van der Waals surface area (Å²) in [6.45, 7) is 1.12. The van der Waals surface area contributed by atoms with Gasteiger partial charge in [-0.05, 0) is 40.6 Å². The van der Waals surface area contributed by atoms with E-state index in [4.69, 9.17) is 9.47 Å².